The molecule has 0 saturated heterocycles. The fourth-order valence-electron chi connectivity index (χ4n) is 3.92. The summed E-state index contributed by atoms with van der Waals surface area (Å²) in [6.07, 6.45) is 6.18. The van der Waals surface area contributed by atoms with E-state index in [4.69, 9.17) is 0 Å². The van der Waals surface area contributed by atoms with Crippen LogP contribution >= 0.6 is 0 Å². The van der Waals surface area contributed by atoms with E-state index in [1.807, 2.05) is 6.21 Å². The molecule has 2 heterocycles. The summed E-state index contributed by atoms with van der Waals surface area (Å²) in [5, 5.41) is 11.9. The van der Waals surface area contributed by atoms with E-state index in [0.717, 1.165) is 12.0 Å². The number of benzene rings is 1. The zero-order valence-corrected chi connectivity index (χ0v) is 14.6. The second-order valence-electron chi connectivity index (χ2n) is 7.29. The Hall–Kier alpha value is -2.17. The lowest BCUT2D eigenvalue weighted by Gasteiger charge is -2.50. The number of hydrogen-bond donors (Lipinski definition) is 0. The van der Waals surface area contributed by atoms with Crippen molar-refractivity contribution in [3.05, 3.63) is 42.0 Å². The van der Waals surface area contributed by atoms with Crippen molar-refractivity contribution in [2.24, 2.45) is 5.10 Å². The van der Waals surface area contributed by atoms with Crippen molar-refractivity contribution in [1.82, 2.24) is 14.9 Å². The van der Waals surface area contributed by atoms with Gasteiger partial charge in [-0.05, 0) is 63.3 Å². The minimum Gasteiger partial charge on any atom is -0.364 e. The molecule has 0 spiro atoms. The number of anilines is 1. The maximum atomic E-state index is 4.35. The molecule has 0 aliphatic carbocycles. The first-order chi connectivity index (χ1) is 10.9. The summed E-state index contributed by atoms with van der Waals surface area (Å²) < 4.78 is 1.60. The largest absolute Gasteiger partial charge is 0.364 e. The van der Waals surface area contributed by atoms with E-state index in [2.05, 4.69) is 73.0 Å². The smallest absolute Gasteiger partial charge is 0.141 e. The molecular weight excluding hydrogens is 286 g/mol. The van der Waals surface area contributed by atoms with Crippen LogP contribution in [0.2, 0.25) is 0 Å². The third kappa shape index (κ3) is 3.00. The van der Waals surface area contributed by atoms with Gasteiger partial charge in [0.15, 0.2) is 0 Å². The number of hydrogen-bond acceptors (Lipinski definition) is 4. The van der Waals surface area contributed by atoms with Crippen LogP contribution in [0.1, 0.15) is 58.1 Å². The molecule has 0 N–H and O–H groups in total. The van der Waals surface area contributed by atoms with Gasteiger partial charge in [-0.25, -0.2) is 4.68 Å². The van der Waals surface area contributed by atoms with Gasteiger partial charge in [0.1, 0.15) is 12.7 Å². The van der Waals surface area contributed by atoms with Crippen molar-refractivity contribution in [3.8, 4) is 0 Å². The lowest BCUT2D eigenvalue weighted by atomic mass is 9.79. The summed E-state index contributed by atoms with van der Waals surface area (Å²) in [6.45, 7) is 11.5. The molecule has 1 aromatic carbocycles. The van der Waals surface area contributed by atoms with E-state index in [-0.39, 0.29) is 5.54 Å². The maximum absolute atomic E-state index is 4.35. The summed E-state index contributed by atoms with van der Waals surface area (Å²) in [7, 11) is 0. The predicted molar refractivity (Wildman–Crippen MR) is 94.2 cm³/mol. The molecule has 5 heteroatoms. The van der Waals surface area contributed by atoms with Crippen molar-refractivity contribution < 1.29 is 0 Å². The number of nitrogens with zero attached hydrogens (tertiary/aromatic N) is 5. The molecular formula is C18H25N5. The monoisotopic (exact) mass is 311 g/mol. The van der Waals surface area contributed by atoms with Crippen LogP contribution in [0.15, 0.2) is 36.0 Å². The van der Waals surface area contributed by atoms with Crippen molar-refractivity contribution in [2.45, 2.75) is 58.5 Å². The van der Waals surface area contributed by atoms with Gasteiger partial charge < -0.3 is 4.90 Å². The summed E-state index contributed by atoms with van der Waals surface area (Å²) in [6, 6.07) is 7.11. The molecule has 1 aliphatic heterocycles. The lowest BCUT2D eigenvalue weighted by Crippen LogP contribution is -2.51. The van der Waals surface area contributed by atoms with Gasteiger partial charge in [-0.1, -0.05) is 13.0 Å². The van der Waals surface area contributed by atoms with Crippen LogP contribution in [0.5, 0.6) is 0 Å². The Morgan fingerprint density at radius 2 is 1.96 bits per heavy atom. The number of rotatable bonds is 3. The Morgan fingerprint density at radius 3 is 2.61 bits per heavy atom. The highest BCUT2D eigenvalue weighted by Crippen LogP contribution is 2.44. The molecule has 0 amide bonds. The number of fused-ring (bicyclic) bond motifs is 1. The van der Waals surface area contributed by atoms with Gasteiger partial charge >= 0.3 is 0 Å². The predicted octanol–water partition coefficient (Wildman–Crippen LogP) is 3.66. The SMILES string of the molecule is CC1CC(C)(C)N(C(C)C)c2ccc(/C=N/n3cnnc3)cc21. The van der Waals surface area contributed by atoms with Crippen LogP contribution in [0.4, 0.5) is 5.69 Å². The molecule has 1 unspecified atom stereocenters. The molecule has 23 heavy (non-hydrogen) atoms. The molecule has 0 saturated carbocycles. The van der Waals surface area contributed by atoms with Crippen LogP contribution in [0, 0.1) is 0 Å². The van der Waals surface area contributed by atoms with Gasteiger partial charge in [-0.3, -0.25) is 0 Å². The average molecular weight is 311 g/mol. The fourth-order valence-corrected chi connectivity index (χ4v) is 3.92. The molecule has 0 bridgehead atoms. The molecule has 122 valence electrons. The van der Waals surface area contributed by atoms with Gasteiger partial charge in [0.2, 0.25) is 0 Å². The zero-order chi connectivity index (χ0) is 16.6. The lowest BCUT2D eigenvalue weighted by molar-refractivity contribution is 0.356. The van der Waals surface area contributed by atoms with Crippen molar-refractivity contribution in [1.29, 1.82) is 0 Å². The molecule has 2 aromatic rings. The van der Waals surface area contributed by atoms with Gasteiger partial charge in [0.25, 0.3) is 0 Å². The van der Waals surface area contributed by atoms with E-state index in [1.165, 1.54) is 11.3 Å². The third-order valence-electron chi connectivity index (χ3n) is 4.56. The zero-order valence-electron chi connectivity index (χ0n) is 14.6. The maximum Gasteiger partial charge on any atom is 0.141 e. The average Bonchev–Trinajstić information content (AvgIpc) is 2.97. The molecule has 0 fully saturated rings. The van der Waals surface area contributed by atoms with E-state index in [0.29, 0.717) is 12.0 Å². The van der Waals surface area contributed by atoms with Gasteiger partial charge in [-0.2, -0.15) is 5.10 Å². The Labute approximate surface area is 138 Å². The molecule has 1 aliphatic rings. The van der Waals surface area contributed by atoms with E-state index >= 15 is 0 Å². The van der Waals surface area contributed by atoms with Crippen molar-refractivity contribution in [3.63, 3.8) is 0 Å². The van der Waals surface area contributed by atoms with Crippen LogP contribution in [0.25, 0.3) is 0 Å². The Kier molecular flexibility index (Phi) is 3.96. The Bertz CT molecular complexity index is 700. The van der Waals surface area contributed by atoms with E-state index in [9.17, 15) is 0 Å². The molecule has 5 nitrogen and oxygen atoms in total. The summed E-state index contributed by atoms with van der Waals surface area (Å²) >= 11 is 0. The van der Waals surface area contributed by atoms with Crippen molar-refractivity contribution in [2.75, 3.05) is 4.90 Å². The first-order valence-corrected chi connectivity index (χ1v) is 8.21. The number of aromatic nitrogens is 3. The van der Waals surface area contributed by atoms with E-state index < -0.39 is 0 Å². The van der Waals surface area contributed by atoms with Crippen LogP contribution < -0.4 is 4.90 Å². The van der Waals surface area contributed by atoms with Crippen molar-refractivity contribution >= 4 is 11.9 Å². The highest BCUT2D eigenvalue weighted by molar-refractivity contribution is 5.81. The second-order valence-corrected chi connectivity index (χ2v) is 7.29. The van der Waals surface area contributed by atoms with Crippen LogP contribution in [-0.4, -0.2) is 32.7 Å². The summed E-state index contributed by atoms with van der Waals surface area (Å²) in [5.74, 6) is 0.540. The molecule has 1 aromatic heterocycles. The van der Waals surface area contributed by atoms with Crippen LogP contribution in [-0.2, 0) is 0 Å². The highest BCUT2D eigenvalue weighted by Gasteiger charge is 2.37. The molecule has 3 rings (SSSR count). The Morgan fingerprint density at radius 1 is 1.26 bits per heavy atom. The first-order valence-electron chi connectivity index (χ1n) is 8.21. The minimum absolute atomic E-state index is 0.179. The van der Waals surface area contributed by atoms with Crippen LogP contribution in [0.3, 0.4) is 0 Å². The Balaban J connectivity index is 1.97. The molecule has 1 atom stereocenters. The topological polar surface area (TPSA) is 46.3 Å². The molecule has 0 radical (unpaired) electrons. The highest BCUT2D eigenvalue weighted by atomic mass is 15.4. The van der Waals surface area contributed by atoms with E-state index in [1.54, 1.807) is 17.3 Å². The third-order valence-corrected chi connectivity index (χ3v) is 4.56. The van der Waals surface area contributed by atoms with Gasteiger partial charge in [-0.15, -0.1) is 10.2 Å². The van der Waals surface area contributed by atoms with Gasteiger partial charge in [0.05, 0.1) is 6.21 Å². The first kappa shape index (κ1) is 15.7. The minimum atomic E-state index is 0.179. The quantitative estimate of drug-likeness (QED) is 0.813. The second kappa shape index (κ2) is 5.80. The standard InChI is InChI=1S/C18H25N5/c1-13(2)23-17-7-6-15(10-21-22-11-19-20-12-22)8-16(17)14(3)9-18(23,4)5/h6-8,10-14H,9H2,1-5H3/b21-10+. The normalized spacial score (nSPS) is 20.3. The fraction of sp³-hybridized carbons (Fsp3) is 0.500. The van der Waals surface area contributed by atoms with Gasteiger partial charge in [0, 0.05) is 17.3 Å². The summed E-state index contributed by atoms with van der Waals surface area (Å²) in [5.41, 5.74) is 4.04. The summed E-state index contributed by atoms with van der Waals surface area (Å²) in [4.78, 5) is 2.54.